The summed E-state index contributed by atoms with van der Waals surface area (Å²) in [4.78, 5) is 12.4. The Labute approximate surface area is 118 Å². The molecular formula is C15H12O6. The smallest absolute Gasteiger partial charge is 0.201 e. The van der Waals surface area contributed by atoms with Crippen LogP contribution in [-0.2, 0) is 4.74 Å². The number of ether oxygens (including phenoxy) is 2. The van der Waals surface area contributed by atoms with Crippen molar-refractivity contribution in [3.63, 3.8) is 0 Å². The molecule has 0 unspecified atom stereocenters. The second-order valence-corrected chi connectivity index (χ2v) is 4.42. The van der Waals surface area contributed by atoms with Crippen LogP contribution in [0.25, 0.3) is 21.9 Å². The van der Waals surface area contributed by atoms with E-state index in [1.54, 1.807) is 18.2 Å². The summed E-state index contributed by atoms with van der Waals surface area (Å²) in [6.45, 7) is -0.00706. The second-order valence-electron chi connectivity index (χ2n) is 4.42. The van der Waals surface area contributed by atoms with E-state index in [9.17, 15) is 15.0 Å². The van der Waals surface area contributed by atoms with E-state index in [-0.39, 0.29) is 34.5 Å². The number of rotatable bonds is 3. The molecule has 1 aromatic heterocycles. The molecule has 2 N–H and O–H groups in total. The summed E-state index contributed by atoms with van der Waals surface area (Å²) in [7, 11) is 1.47. The van der Waals surface area contributed by atoms with E-state index in [2.05, 4.69) is 0 Å². The molecule has 0 spiro atoms. The van der Waals surface area contributed by atoms with Crippen LogP contribution in [-0.4, -0.2) is 24.1 Å². The van der Waals surface area contributed by atoms with Crippen LogP contribution in [0.15, 0.2) is 39.5 Å². The Morgan fingerprint density at radius 3 is 2.62 bits per heavy atom. The summed E-state index contributed by atoms with van der Waals surface area (Å²) in [5.41, 5.74) is -0.210. The van der Waals surface area contributed by atoms with E-state index in [0.717, 1.165) is 0 Å². The molecule has 0 saturated carbocycles. The standard InChI is InChI=1S/C15H12O6/c1-19-7-20-11-4-2-3-8-12(17)9-5-6-10(16)13(18)15(9)21-14(8)11/h2-6,16,18H,7H2,1H3. The molecule has 0 aliphatic carbocycles. The number of methoxy groups -OCH3 is 1. The maximum atomic E-state index is 12.4. The number of phenolic OH excluding ortho intramolecular Hbond substituents is 2. The van der Waals surface area contributed by atoms with E-state index < -0.39 is 5.75 Å². The molecule has 0 saturated heterocycles. The first-order valence-corrected chi connectivity index (χ1v) is 6.15. The van der Waals surface area contributed by atoms with Crippen molar-refractivity contribution in [2.75, 3.05) is 13.9 Å². The van der Waals surface area contributed by atoms with Crippen LogP contribution in [0, 0.1) is 0 Å². The molecule has 3 rings (SSSR count). The fourth-order valence-electron chi connectivity index (χ4n) is 2.13. The maximum Gasteiger partial charge on any atom is 0.201 e. The van der Waals surface area contributed by atoms with Gasteiger partial charge < -0.3 is 24.1 Å². The molecule has 3 aromatic rings. The van der Waals surface area contributed by atoms with Gasteiger partial charge in [-0.2, -0.15) is 0 Å². The first-order valence-electron chi connectivity index (χ1n) is 6.15. The quantitative estimate of drug-likeness (QED) is 0.437. The Morgan fingerprint density at radius 1 is 1.10 bits per heavy atom. The van der Waals surface area contributed by atoms with Gasteiger partial charge in [-0.25, -0.2) is 0 Å². The van der Waals surface area contributed by atoms with Crippen LogP contribution in [0.2, 0.25) is 0 Å². The largest absolute Gasteiger partial charge is 0.504 e. The van der Waals surface area contributed by atoms with E-state index in [1.165, 1.54) is 19.2 Å². The Hall–Kier alpha value is -2.73. The topological polar surface area (TPSA) is 89.1 Å². The molecule has 0 aliphatic rings. The normalized spacial score (nSPS) is 11.1. The van der Waals surface area contributed by atoms with Crippen molar-refractivity contribution in [1.29, 1.82) is 0 Å². The number of hydrogen-bond donors (Lipinski definition) is 2. The van der Waals surface area contributed by atoms with Gasteiger partial charge in [0.1, 0.15) is 0 Å². The van der Waals surface area contributed by atoms with Crippen molar-refractivity contribution >= 4 is 21.9 Å². The van der Waals surface area contributed by atoms with Crippen molar-refractivity contribution in [2.45, 2.75) is 0 Å². The number of fused-ring (bicyclic) bond motifs is 2. The fourth-order valence-corrected chi connectivity index (χ4v) is 2.13. The molecule has 6 heteroatoms. The molecule has 0 amide bonds. The number of phenols is 2. The SMILES string of the molecule is COCOc1cccc2c(=O)c3ccc(O)c(O)c3oc12. The summed E-state index contributed by atoms with van der Waals surface area (Å²) in [5.74, 6) is -0.524. The van der Waals surface area contributed by atoms with Crippen molar-refractivity contribution in [3.05, 3.63) is 40.6 Å². The molecule has 6 nitrogen and oxygen atoms in total. The van der Waals surface area contributed by atoms with Gasteiger partial charge in [0.2, 0.25) is 11.2 Å². The minimum absolute atomic E-state index is 0.00706. The maximum absolute atomic E-state index is 12.4. The van der Waals surface area contributed by atoms with Gasteiger partial charge in [0.25, 0.3) is 0 Å². The van der Waals surface area contributed by atoms with Gasteiger partial charge in [0.15, 0.2) is 29.5 Å². The molecule has 0 radical (unpaired) electrons. The first kappa shape index (κ1) is 13.3. The zero-order chi connectivity index (χ0) is 15.0. The Balaban J connectivity index is 2.40. The van der Waals surface area contributed by atoms with Gasteiger partial charge >= 0.3 is 0 Å². The average Bonchev–Trinajstić information content (AvgIpc) is 2.50. The Bertz CT molecular complexity index is 881. The number of para-hydroxylation sites is 1. The Kier molecular flexibility index (Phi) is 3.15. The van der Waals surface area contributed by atoms with Crippen LogP contribution in [0.4, 0.5) is 0 Å². The minimum atomic E-state index is -0.479. The summed E-state index contributed by atoms with van der Waals surface area (Å²) < 4.78 is 15.7. The number of aromatic hydroxyl groups is 2. The van der Waals surface area contributed by atoms with Gasteiger partial charge in [-0.05, 0) is 24.3 Å². The number of benzene rings is 2. The third-order valence-electron chi connectivity index (χ3n) is 3.11. The van der Waals surface area contributed by atoms with Crippen molar-refractivity contribution in [2.24, 2.45) is 0 Å². The molecule has 21 heavy (non-hydrogen) atoms. The van der Waals surface area contributed by atoms with Crippen molar-refractivity contribution in [3.8, 4) is 17.2 Å². The molecule has 0 aliphatic heterocycles. The highest BCUT2D eigenvalue weighted by atomic mass is 16.7. The van der Waals surface area contributed by atoms with E-state index in [4.69, 9.17) is 13.9 Å². The van der Waals surface area contributed by atoms with Crippen molar-refractivity contribution < 1.29 is 24.1 Å². The van der Waals surface area contributed by atoms with Crippen molar-refractivity contribution in [1.82, 2.24) is 0 Å². The van der Waals surface area contributed by atoms with Crippen LogP contribution in [0.5, 0.6) is 17.2 Å². The summed E-state index contributed by atoms with van der Waals surface area (Å²) in [6, 6.07) is 7.53. The predicted octanol–water partition coefficient (Wildman–Crippen LogP) is 2.34. The highest BCUT2D eigenvalue weighted by Gasteiger charge is 2.16. The lowest BCUT2D eigenvalue weighted by molar-refractivity contribution is 0.0515. The molecule has 1 heterocycles. The van der Waals surface area contributed by atoms with Crippen LogP contribution >= 0.6 is 0 Å². The molecule has 108 valence electrons. The van der Waals surface area contributed by atoms with Gasteiger partial charge in [-0.15, -0.1) is 0 Å². The highest BCUT2D eigenvalue weighted by molar-refractivity contribution is 5.95. The van der Waals surface area contributed by atoms with Gasteiger partial charge in [0.05, 0.1) is 10.8 Å². The molecule has 0 fully saturated rings. The van der Waals surface area contributed by atoms with Crippen LogP contribution in [0.3, 0.4) is 0 Å². The fraction of sp³-hybridized carbons (Fsp3) is 0.133. The lowest BCUT2D eigenvalue weighted by Gasteiger charge is -2.09. The van der Waals surface area contributed by atoms with E-state index in [0.29, 0.717) is 11.1 Å². The zero-order valence-electron chi connectivity index (χ0n) is 11.1. The average molecular weight is 288 g/mol. The molecule has 0 bridgehead atoms. The summed E-state index contributed by atoms with van der Waals surface area (Å²) in [6.07, 6.45) is 0. The lowest BCUT2D eigenvalue weighted by atomic mass is 10.1. The van der Waals surface area contributed by atoms with Gasteiger partial charge in [-0.3, -0.25) is 4.79 Å². The van der Waals surface area contributed by atoms with E-state index >= 15 is 0 Å². The van der Waals surface area contributed by atoms with Gasteiger partial charge in [-0.1, -0.05) is 6.07 Å². The highest BCUT2D eigenvalue weighted by Crippen LogP contribution is 2.35. The van der Waals surface area contributed by atoms with Gasteiger partial charge in [0, 0.05) is 7.11 Å². The molecule has 0 atom stereocenters. The minimum Gasteiger partial charge on any atom is -0.504 e. The predicted molar refractivity (Wildman–Crippen MR) is 75.8 cm³/mol. The monoisotopic (exact) mass is 288 g/mol. The molecule has 2 aromatic carbocycles. The molecular weight excluding hydrogens is 276 g/mol. The zero-order valence-corrected chi connectivity index (χ0v) is 11.1. The first-order chi connectivity index (χ1) is 10.1. The van der Waals surface area contributed by atoms with Crippen LogP contribution in [0.1, 0.15) is 0 Å². The third kappa shape index (κ3) is 2.05. The van der Waals surface area contributed by atoms with Crippen LogP contribution < -0.4 is 10.2 Å². The second kappa shape index (κ2) is 4.99. The summed E-state index contributed by atoms with van der Waals surface area (Å²) in [5, 5.41) is 19.9. The summed E-state index contributed by atoms with van der Waals surface area (Å²) >= 11 is 0. The lowest BCUT2D eigenvalue weighted by Crippen LogP contribution is -2.04. The third-order valence-corrected chi connectivity index (χ3v) is 3.11. The Morgan fingerprint density at radius 2 is 1.86 bits per heavy atom. The number of hydrogen-bond acceptors (Lipinski definition) is 6. The van der Waals surface area contributed by atoms with E-state index in [1.807, 2.05) is 0 Å².